The lowest BCUT2D eigenvalue weighted by Crippen LogP contribution is -2.26. The van der Waals surface area contributed by atoms with Crippen LogP contribution in [0.4, 0.5) is 0 Å². The van der Waals surface area contributed by atoms with Crippen molar-refractivity contribution in [3.05, 3.63) is 61.9 Å². The monoisotopic (exact) mass is 561 g/mol. The summed E-state index contributed by atoms with van der Waals surface area (Å²) in [7, 11) is 0. The van der Waals surface area contributed by atoms with Gasteiger partial charge in [0, 0.05) is 10.2 Å². The van der Waals surface area contributed by atoms with Gasteiger partial charge in [0.05, 0.1) is 28.9 Å². The second-order valence-electron chi connectivity index (χ2n) is 7.15. The molecule has 1 fully saturated rings. The van der Waals surface area contributed by atoms with E-state index >= 15 is 0 Å². The van der Waals surface area contributed by atoms with E-state index in [2.05, 4.69) is 47.2 Å². The molecule has 0 radical (unpaired) electrons. The number of benzene rings is 1. The van der Waals surface area contributed by atoms with Gasteiger partial charge in [0.15, 0.2) is 5.01 Å². The van der Waals surface area contributed by atoms with Gasteiger partial charge in [-0.3, -0.25) is 14.4 Å². The number of likely N-dealkylation sites (tertiary alicyclic amines) is 1. The molecule has 31 heavy (non-hydrogen) atoms. The number of para-hydroxylation sites is 1. The van der Waals surface area contributed by atoms with Crippen molar-refractivity contribution in [2.75, 3.05) is 0 Å². The molecule has 3 aromatic rings. The highest BCUT2D eigenvalue weighted by atomic mass is 79.9. The first-order valence-corrected chi connectivity index (χ1v) is 11.7. The number of Topliss-reactive ketones (excluding diaryl/α,β-unsaturated/α-hetero) is 2. The zero-order chi connectivity index (χ0) is 21.7. The van der Waals surface area contributed by atoms with E-state index in [0.29, 0.717) is 27.3 Å². The smallest absolute Gasteiger partial charge is 0.295 e. The Labute approximate surface area is 196 Å². The van der Waals surface area contributed by atoms with Crippen LogP contribution in [0.3, 0.4) is 0 Å². The Morgan fingerprint density at radius 3 is 2.84 bits per heavy atom. The normalized spacial score (nSPS) is 18.7. The fourth-order valence-corrected chi connectivity index (χ4v) is 6.19. The minimum Gasteiger partial charge on any atom is -0.302 e. The van der Waals surface area contributed by atoms with Gasteiger partial charge in [-0.25, -0.2) is 9.67 Å². The molecule has 0 N–H and O–H groups in total. The molecule has 1 atom stereocenters. The van der Waals surface area contributed by atoms with E-state index < -0.39 is 17.6 Å². The zero-order valence-corrected chi connectivity index (χ0v) is 19.8. The van der Waals surface area contributed by atoms with E-state index in [4.69, 9.17) is 0 Å². The average molecular weight is 563 g/mol. The maximum Gasteiger partial charge on any atom is 0.295 e. The van der Waals surface area contributed by atoms with E-state index in [1.807, 2.05) is 30.3 Å². The first kappa shape index (κ1) is 20.4. The Morgan fingerprint density at radius 2 is 2.03 bits per heavy atom. The van der Waals surface area contributed by atoms with Crippen molar-refractivity contribution in [1.29, 1.82) is 0 Å². The lowest BCUT2D eigenvalue weighted by molar-refractivity contribution is -0.140. The molecule has 5 rings (SSSR count). The summed E-state index contributed by atoms with van der Waals surface area (Å²) < 4.78 is 3.91. The van der Waals surface area contributed by atoms with Crippen molar-refractivity contribution in [1.82, 2.24) is 24.9 Å². The van der Waals surface area contributed by atoms with Crippen LogP contribution in [0.5, 0.6) is 0 Å². The van der Waals surface area contributed by atoms with Gasteiger partial charge in [0.2, 0.25) is 11.6 Å². The number of rotatable bonds is 5. The fraction of sp³-hybridized carbons (Fsp3) is 0.200. The lowest BCUT2D eigenvalue weighted by atomic mass is 9.96. The molecule has 0 saturated carbocycles. The van der Waals surface area contributed by atoms with E-state index in [1.165, 1.54) is 20.9 Å². The fourth-order valence-electron chi connectivity index (χ4n) is 3.67. The molecule has 0 bridgehead atoms. The highest BCUT2D eigenvalue weighted by molar-refractivity contribution is 9.12. The van der Waals surface area contributed by atoms with Crippen LogP contribution in [-0.4, -0.2) is 42.4 Å². The number of allylic oxidation sites excluding steroid dienone is 4. The van der Waals surface area contributed by atoms with Gasteiger partial charge < -0.3 is 4.90 Å². The summed E-state index contributed by atoms with van der Waals surface area (Å²) in [6, 6.07) is 7.57. The quantitative estimate of drug-likeness (QED) is 0.348. The molecule has 8 nitrogen and oxygen atoms in total. The molecule has 3 heterocycles. The Hall–Kier alpha value is -2.50. The minimum atomic E-state index is -0.562. The third-order valence-corrected chi connectivity index (χ3v) is 7.33. The van der Waals surface area contributed by atoms with Crippen molar-refractivity contribution in [2.24, 2.45) is 5.92 Å². The van der Waals surface area contributed by atoms with Crippen LogP contribution in [0.15, 0.2) is 51.2 Å². The largest absolute Gasteiger partial charge is 0.302 e. The second kappa shape index (κ2) is 7.88. The number of nitrogens with zero attached hydrogens (tertiary/aromatic N) is 5. The van der Waals surface area contributed by atoms with Crippen molar-refractivity contribution in [2.45, 2.75) is 19.5 Å². The van der Waals surface area contributed by atoms with Crippen molar-refractivity contribution in [3.63, 3.8) is 0 Å². The number of amides is 1. The molecule has 2 aromatic heterocycles. The summed E-state index contributed by atoms with van der Waals surface area (Å²) in [6.45, 7) is 0.0939. The summed E-state index contributed by atoms with van der Waals surface area (Å²) in [5, 5.41) is 8.50. The van der Waals surface area contributed by atoms with Crippen LogP contribution < -0.4 is 0 Å². The van der Waals surface area contributed by atoms with Crippen molar-refractivity contribution in [3.8, 4) is 0 Å². The number of carbonyl (C=O) groups excluding carboxylic acids is 3. The molecule has 2 aliphatic rings. The number of fused-ring (bicyclic) bond motifs is 2. The Morgan fingerprint density at radius 1 is 1.23 bits per heavy atom. The molecular formula is C20H13Br2N5O3S. The van der Waals surface area contributed by atoms with E-state index in [-0.39, 0.29) is 18.9 Å². The van der Waals surface area contributed by atoms with Crippen LogP contribution in [-0.2, 0) is 22.7 Å². The molecule has 1 saturated heterocycles. The lowest BCUT2D eigenvalue weighted by Gasteiger charge is -2.22. The van der Waals surface area contributed by atoms with Gasteiger partial charge in [-0.1, -0.05) is 33.3 Å². The highest BCUT2D eigenvalue weighted by Crippen LogP contribution is 2.42. The number of thiazole rings is 1. The Kier molecular flexibility index (Phi) is 5.19. The summed E-state index contributed by atoms with van der Waals surface area (Å²) in [6.07, 6.45) is 3.91. The first-order chi connectivity index (χ1) is 14.9. The van der Waals surface area contributed by atoms with E-state index in [0.717, 1.165) is 14.7 Å². The summed E-state index contributed by atoms with van der Waals surface area (Å²) in [5.41, 5.74) is 1.91. The summed E-state index contributed by atoms with van der Waals surface area (Å²) in [5.74, 6) is -1.67. The second-order valence-corrected chi connectivity index (χ2v) is 10.1. The van der Waals surface area contributed by atoms with Crippen molar-refractivity contribution >= 4 is 70.9 Å². The topological polar surface area (TPSA) is 98.1 Å². The first-order valence-electron chi connectivity index (χ1n) is 9.30. The average Bonchev–Trinajstić information content (AvgIpc) is 3.42. The summed E-state index contributed by atoms with van der Waals surface area (Å²) in [4.78, 5) is 43.4. The number of halogens is 2. The standard InChI is InChI=1S/C20H13Br2N5O3S/c21-10-5-12-17(13(22)6-10)27(20(30)18(12)29)8-11-7-26(25-24-11)9-15(28)19-23-14-3-1-2-4-16(14)31-19/h1-4,6-7,12H,5,8-9H2. The van der Waals surface area contributed by atoms with E-state index in [9.17, 15) is 14.4 Å². The zero-order valence-electron chi connectivity index (χ0n) is 15.8. The Balaban J connectivity index is 1.34. The maximum absolute atomic E-state index is 12.6. The molecule has 0 spiro atoms. The molecular weight excluding hydrogens is 550 g/mol. The molecule has 1 unspecified atom stereocenters. The maximum atomic E-state index is 12.6. The number of ketones is 2. The Bertz CT molecular complexity index is 1290. The number of aromatic nitrogens is 4. The molecule has 1 amide bonds. The van der Waals surface area contributed by atoms with Crippen LogP contribution >= 0.6 is 43.2 Å². The van der Waals surface area contributed by atoms with Crippen molar-refractivity contribution < 1.29 is 14.4 Å². The van der Waals surface area contributed by atoms with Crippen LogP contribution in [0.1, 0.15) is 21.9 Å². The van der Waals surface area contributed by atoms with Gasteiger partial charge in [0.25, 0.3) is 5.91 Å². The van der Waals surface area contributed by atoms with Gasteiger partial charge in [-0.05, 0) is 45.0 Å². The molecule has 156 valence electrons. The third kappa shape index (κ3) is 3.70. The molecule has 1 aliphatic carbocycles. The van der Waals surface area contributed by atoms with E-state index in [1.54, 1.807) is 6.20 Å². The molecule has 11 heteroatoms. The third-order valence-electron chi connectivity index (χ3n) is 5.06. The van der Waals surface area contributed by atoms with Gasteiger partial charge >= 0.3 is 0 Å². The van der Waals surface area contributed by atoms with Crippen LogP contribution in [0.2, 0.25) is 0 Å². The molecule has 1 aromatic carbocycles. The number of hydrogen-bond acceptors (Lipinski definition) is 7. The highest BCUT2D eigenvalue weighted by Gasteiger charge is 2.46. The van der Waals surface area contributed by atoms with Gasteiger partial charge in [0.1, 0.15) is 12.2 Å². The number of hydrogen-bond donors (Lipinski definition) is 0. The van der Waals surface area contributed by atoms with Crippen LogP contribution in [0, 0.1) is 5.92 Å². The predicted octanol–water partition coefficient (Wildman–Crippen LogP) is 3.59. The minimum absolute atomic E-state index is 0.00952. The van der Waals surface area contributed by atoms with Gasteiger partial charge in [-0.2, -0.15) is 0 Å². The SMILES string of the molecule is O=C(Cn1cc(CN2C(=O)C(=O)C3CC(Br)=CC(Br)=C32)nn1)c1nc2ccccc2s1. The predicted molar refractivity (Wildman–Crippen MR) is 121 cm³/mol. The van der Waals surface area contributed by atoms with Crippen LogP contribution in [0.25, 0.3) is 10.2 Å². The molecule has 1 aliphatic heterocycles. The summed E-state index contributed by atoms with van der Waals surface area (Å²) >= 11 is 8.20. The number of carbonyl (C=O) groups is 3. The van der Waals surface area contributed by atoms with Gasteiger partial charge in [-0.15, -0.1) is 16.4 Å².